The van der Waals surface area contributed by atoms with Crippen LogP contribution in [0, 0.1) is 5.41 Å². The molecule has 2 heterocycles. The fraction of sp³-hybridized carbons (Fsp3) is 0.444. The molecule has 4 nitrogen and oxygen atoms in total. The van der Waals surface area contributed by atoms with Gasteiger partial charge in [0, 0.05) is 24.2 Å². The van der Waals surface area contributed by atoms with E-state index in [9.17, 15) is 4.79 Å². The van der Waals surface area contributed by atoms with Crippen molar-refractivity contribution >= 4 is 22.5 Å². The molecule has 1 saturated heterocycles. The molecule has 22 heavy (non-hydrogen) atoms. The van der Waals surface area contributed by atoms with Crippen LogP contribution in [0.1, 0.15) is 27.2 Å². The molecule has 3 rings (SSSR count). The number of hydrogen-bond acceptors (Lipinski definition) is 3. The van der Waals surface area contributed by atoms with Crippen molar-refractivity contribution in [2.45, 2.75) is 33.2 Å². The van der Waals surface area contributed by atoms with Crippen molar-refractivity contribution in [2.75, 3.05) is 18.4 Å². The maximum Gasteiger partial charge on any atom is 0.231 e. The fourth-order valence-electron chi connectivity index (χ4n) is 3.10. The van der Waals surface area contributed by atoms with Crippen LogP contribution in [0.25, 0.3) is 10.9 Å². The number of pyridine rings is 1. The van der Waals surface area contributed by atoms with Crippen molar-refractivity contribution in [1.82, 2.24) is 9.88 Å². The summed E-state index contributed by atoms with van der Waals surface area (Å²) in [5.74, 6) is 0.0915. The minimum atomic E-state index is -0.332. The Morgan fingerprint density at radius 1 is 1.32 bits per heavy atom. The largest absolute Gasteiger partial charge is 0.324 e. The number of likely N-dealkylation sites (tertiary alicyclic amines) is 1. The summed E-state index contributed by atoms with van der Waals surface area (Å²) in [6.07, 6.45) is 2.66. The van der Waals surface area contributed by atoms with Crippen molar-refractivity contribution in [3.63, 3.8) is 0 Å². The highest BCUT2D eigenvalue weighted by Crippen LogP contribution is 2.33. The van der Waals surface area contributed by atoms with Crippen LogP contribution in [0.3, 0.4) is 0 Å². The molecule has 2 aromatic rings. The molecule has 1 unspecified atom stereocenters. The Balaban J connectivity index is 1.82. The van der Waals surface area contributed by atoms with Gasteiger partial charge in [0.1, 0.15) is 0 Å². The average Bonchev–Trinajstić information content (AvgIpc) is 2.92. The minimum absolute atomic E-state index is 0.0915. The molecule has 0 aliphatic carbocycles. The van der Waals surface area contributed by atoms with Crippen molar-refractivity contribution < 1.29 is 4.79 Å². The molecule has 1 fully saturated rings. The SMILES string of the molecule is CC(C)N1CCC(C)(C(=O)Nc2cccc3cccnc23)C1. The maximum absolute atomic E-state index is 12.8. The first-order valence-electron chi connectivity index (χ1n) is 7.89. The van der Waals surface area contributed by atoms with Crippen molar-refractivity contribution in [2.24, 2.45) is 5.41 Å². The van der Waals surface area contributed by atoms with Gasteiger partial charge in [-0.3, -0.25) is 14.7 Å². The molecule has 116 valence electrons. The Morgan fingerprint density at radius 3 is 2.82 bits per heavy atom. The molecule has 1 amide bonds. The van der Waals surface area contributed by atoms with E-state index < -0.39 is 0 Å². The maximum atomic E-state index is 12.8. The van der Waals surface area contributed by atoms with E-state index in [0.717, 1.165) is 36.1 Å². The lowest BCUT2D eigenvalue weighted by Gasteiger charge is -2.25. The number of carbonyl (C=O) groups is 1. The van der Waals surface area contributed by atoms with Crippen molar-refractivity contribution in [3.8, 4) is 0 Å². The number of anilines is 1. The number of rotatable bonds is 3. The summed E-state index contributed by atoms with van der Waals surface area (Å²) >= 11 is 0. The van der Waals surface area contributed by atoms with Gasteiger partial charge >= 0.3 is 0 Å². The van der Waals surface area contributed by atoms with Crippen LogP contribution in [-0.4, -0.2) is 34.9 Å². The monoisotopic (exact) mass is 297 g/mol. The Kier molecular flexibility index (Phi) is 3.87. The van der Waals surface area contributed by atoms with E-state index in [2.05, 4.69) is 36.0 Å². The molecule has 0 radical (unpaired) electrons. The molecular formula is C18H23N3O. The van der Waals surface area contributed by atoms with Gasteiger partial charge < -0.3 is 5.32 Å². The number of fused-ring (bicyclic) bond motifs is 1. The van der Waals surface area contributed by atoms with Crippen LogP contribution in [-0.2, 0) is 4.79 Å². The number of carbonyl (C=O) groups excluding carboxylic acids is 1. The summed E-state index contributed by atoms with van der Waals surface area (Å²) in [6.45, 7) is 8.21. The zero-order valence-electron chi connectivity index (χ0n) is 13.5. The number of aromatic nitrogens is 1. The Labute approximate surface area is 131 Å². The second-order valence-corrected chi connectivity index (χ2v) is 6.71. The van der Waals surface area contributed by atoms with E-state index in [1.807, 2.05) is 30.3 Å². The van der Waals surface area contributed by atoms with E-state index in [0.29, 0.717) is 6.04 Å². The van der Waals surface area contributed by atoms with Crippen LogP contribution < -0.4 is 5.32 Å². The number of benzene rings is 1. The average molecular weight is 297 g/mol. The molecule has 1 aromatic carbocycles. The molecule has 1 aromatic heterocycles. The van der Waals surface area contributed by atoms with Crippen LogP contribution >= 0.6 is 0 Å². The fourth-order valence-corrected chi connectivity index (χ4v) is 3.10. The highest BCUT2D eigenvalue weighted by atomic mass is 16.2. The van der Waals surface area contributed by atoms with Gasteiger partial charge in [0.25, 0.3) is 0 Å². The van der Waals surface area contributed by atoms with Gasteiger partial charge in [-0.1, -0.05) is 18.2 Å². The van der Waals surface area contributed by atoms with E-state index in [1.54, 1.807) is 6.20 Å². The number of nitrogens with one attached hydrogen (secondary N) is 1. The van der Waals surface area contributed by atoms with E-state index in [4.69, 9.17) is 0 Å². The first kappa shape index (κ1) is 15.0. The summed E-state index contributed by atoms with van der Waals surface area (Å²) in [5.41, 5.74) is 1.31. The van der Waals surface area contributed by atoms with Crippen LogP contribution in [0.15, 0.2) is 36.5 Å². The molecule has 1 N–H and O–H groups in total. The summed E-state index contributed by atoms with van der Waals surface area (Å²) in [6, 6.07) is 10.3. The zero-order valence-corrected chi connectivity index (χ0v) is 13.5. The van der Waals surface area contributed by atoms with Gasteiger partial charge in [-0.2, -0.15) is 0 Å². The lowest BCUT2D eigenvalue weighted by molar-refractivity contribution is -0.124. The first-order chi connectivity index (χ1) is 10.5. The second-order valence-electron chi connectivity index (χ2n) is 6.71. The van der Waals surface area contributed by atoms with Crippen LogP contribution in [0.4, 0.5) is 5.69 Å². The smallest absolute Gasteiger partial charge is 0.231 e. The predicted octanol–water partition coefficient (Wildman–Crippen LogP) is 3.29. The lowest BCUT2D eigenvalue weighted by atomic mass is 9.88. The topological polar surface area (TPSA) is 45.2 Å². The van der Waals surface area contributed by atoms with Gasteiger partial charge in [0.2, 0.25) is 5.91 Å². The minimum Gasteiger partial charge on any atom is -0.324 e. The molecular weight excluding hydrogens is 274 g/mol. The number of hydrogen-bond donors (Lipinski definition) is 1. The highest BCUT2D eigenvalue weighted by molar-refractivity contribution is 6.02. The molecule has 1 aliphatic heterocycles. The second kappa shape index (κ2) is 5.69. The normalized spacial score (nSPS) is 22.4. The van der Waals surface area contributed by atoms with E-state index >= 15 is 0 Å². The molecule has 0 spiro atoms. The number of amides is 1. The van der Waals surface area contributed by atoms with Gasteiger partial charge in [-0.15, -0.1) is 0 Å². The molecule has 0 bridgehead atoms. The summed E-state index contributed by atoms with van der Waals surface area (Å²) in [5, 5.41) is 4.14. The van der Waals surface area contributed by atoms with Gasteiger partial charge in [-0.25, -0.2) is 0 Å². The Hall–Kier alpha value is -1.94. The summed E-state index contributed by atoms with van der Waals surface area (Å²) < 4.78 is 0. The molecule has 4 heteroatoms. The standard InChI is InChI=1S/C18H23N3O/c1-13(2)21-11-9-18(3,12-21)17(22)20-15-8-4-6-14-7-5-10-19-16(14)15/h4-8,10,13H,9,11-12H2,1-3H3,(H,20,22). The Bertz CT molecular complexity index is 692. The Morgan fingerprint density at radius 2 is 2.09 bits per heavy atom. The number of para-hydroxylation sites is 1. The first-order valence-corrected chi connectivity index (χ1v) is 7.89. The van der Waals surface area contributed by atoms with Crippen molar-refractivity contribution in [3.05, 3.63) is 36.5 Å². The summed E-state index contributed by atoms with van der Waals surface area (Å²) in [4.78, 5) is 19.5. The van der Waals surface area contributed by atoms with Crippen molar-refractivity contribution in [1.29, 1.82) is 0 Å². The highest BCUT2D eigenvalue weighted by Gasteiger charge is 2.41. The third-order valence-corrected chi connectivity index (χ3v) is 4.66. The lowest BCUT2D eigenvalue weighted by Crippen LogP contribution is -2.38. The van der Waals surface area contributed by atoms with Gasteiger partial charge in [-0.05, 0) is 45.9 Å². The molecule has 1 aliphatic rings. The van der Waals surface area contributed by atoms with E-state index in [-0.39, 0.29) is 11.3 Å². The van der Waals surface area contributed by atoms with Gasteiger partial charge in [0.15, 0.2) is 0 Å². The van der Waals surface area contributed by atoms with E-state index in [1.165, 1.54) is 0 Å². The zero-order chi connectivity index (χ0) is 15.7. The summed E-state index contributed by atoms with van der Waals surface area (Å²) in [7, 11) is 0. The molecule has 0 saturated carbocycles. The quantitative estimate of drug-likeness (QED) is 0.945. The predicted molar refractivity (Wildman–Crippen MR) is 89.8 cm³/mol. The van der Waals surface area contributed by atoms with Crippen LogP contribution in [0.5, 0.6) is 0 Å². The third kappa shape index (κ3) is 2.71. The van der Waals surface area contributed by atoms with Crippen LogP contribution in [0.2, 0.25) is 0 Å². The third-order valence-electron chi connectivity index (χ3n) is 4.66. The number of nitrogens with zero attached hydrogens (tertiary/aromatic N) is 2. The molecule has 1 atom stereocenters. The van der Waals surface area contributed by atoms with Gasteiger partial charge in [0.05, 0.1) is 16.6 Å².